The number of benzene rings is 1. The van der Waals surface area contributed by atoms with Crippen LogP contribution in [-0.2, 0) is 0 Å². The van der Waals surface area contributed by atoms with Gasteiger partial charge in [-0.1, -0.05) is 18.2 Å². The van der Waals surface area contributed by atoms with E-state index in [1.165, 1.54) is 18.2 Å². The van der Waals surface area contributed by atoms with Gasteiger partial charge in [-0.15, -0.1) is 0 Å². The summed E-state index contributed by atoms with van der Waals surface area (Å²) in [6, 6.07) is 5.74. The zero-order chi connectivity index (χ0) is 24.7. The molecule has 0 saturated heterocycles. The number of carbonyl (C=O) groups excluding carboxylic acids is 1. The summed E-state index contributed by atoms with van der Waals surface area (Å²) < 4.78 is 168. The summed E-state index contributed by atoms with van der Waals surface area (Å²) in [4.78, 5) is 11.7. The number of carbonyl (C=O) groups is 1. The van der Waals surface area contributed by atoms with Crippen LogP contribution in [0.3, 0.4) is 0 Å². The quantitative estimate of drug-likeness (QED) is 0.295. The summed E-state index contributed by atoms with van der Waals surface area (Å²) in [5, 5.41) is 8.61. The monoisotopic (exact) mass is 483 g/mol. The van der Waals surface area contributed by atoms with Gasteiger partial charge in [0.2, 0.25) is 0 Å². The molecule has 16 heteroatoms. The van der Waals surface area contributed by atoms with Crippen LogP contribution in [0.5, 0.6) is 0 Å². The zero-order valence-electron chi connectivity index (χ0n) is 14.5. The molecule has 3 nitrogen and oxygen atoms in total. The second-order valence-electron chi connectivity index (χ2n) is 6.04. The van der Waals surface area contributed by atoms with Crippen molar-refractivity contribution in [3.63, 3.8) is 0 Å². The minimum absolute atomic E-state index is 0.415. The second kappa shape index (κ2) is 8.02. The van der Waals surface area contributed by atoms with Gasteiger partial charge in [0.15, 0.2) is 0 Å². The van der Waals surface area contributed by atoms with Crippen LogP contribution >= 0.6 is 0 Å². The lowest BCUT2D eigenvalue weighted by atomic mass is 9.92. The average Bonchev–Trinajstić information content (AvgIpc) is 2.64. The Balaban J connectivity index is 3.15. The Labute approximate surface area is 164 Å². The molecule has 1 amide bonds. The van der Waals surface area contributed by atoms with Gasteiger partial charge in [-0.25, -0.2) is 5.06 Å². The van der Waals surface area contributed by atoms with E-state index in [4.69, 9.17) is 0 Å². The van der Waals surface area contributed by atoms with Crippen molar-refractivity contribution in [3.05, 3.63) is 35.9 Å². The van der Waals surface area contributed by atoms with Gasteiger partial charge in [0, 0.05) is 12.0 Å². The lowest BCUT2D eigenvalue weighted by Crippen LogP contribution is -2.70. The molecule has 0 heterocycles. The highest BCUT2D eigenvalue weighted by Gasteiger charge is 2.90. The smallest absolute Gasteiger partial charge is 0.286 e. The number of hydrogen-bond acceptors (Lipinski definition) is 2. The van der Waals surface area contributed by atoms with Crippen molar-refractivity contribution < 1.29 is 67.1 Å². The van der Waals surface area contributed by atoms with E-state index in [2.05, 4.69) is 0 Å². The van der Waals surface area contributed by atoms with E-state index < -0.39 is 65.3 Å². The topological polar surface area (TPSA) is 40.5 Å². The largest absolute Gasteiger partial charge is 0.460 e. The van der Waals surface area contributed by atoms with Crippen LogP contribution < -0.4 is 0 Å². The van der Waals surface area contributed by atoms with E-state index in [1.54, 1.807) is 0 Å². The van der Waals surface area contributed by atoms with Crippen LogP contribution in [0.25, 0.3) is 0 Å². The van der Waals surface area contributed by atoms with Crippen molar-refractivity contribution in [1.29, 1.82) is 0 Å². The van der Waals surface area contributed by atoms with Crippen molar-refractivity contribution in [2.45, 2.75) is 42.2 Å². The molecule has 0 saturated carbocycles. The van der Waals surface area contributed by atoms with Gasteiger partial charge >= 0.3 is 35.8 Å². The predicted molar refractivity (Wildman–Crippen MR) is 74.7 cm³/mol. The number of amides is 1. The third-order valence-electron chi connectivity index (χ3n) is 3.89. The maximum Gasteiger partial charge on any atom is 0.460 e. The molecular formula is C15H10F13NO2. The van der Waals surface area contributed by atoms with Crippen molar-refractivity contribution in [2.75, 3.05) is 6.54 Å². The maximum atomic E-state index is 13.6. The number of rotatable bonds is 8. The van der Waals surface area contributed by atoms with Gasteiger partial charge in [-0.3, -0.25) is 10.0 Å². The number of hydroxylamine groups is 2. The summed E-state index contributed by atoms with van der Waals surface area (Å²) in [6.07, 6.45) is -10.2. The molecule has 0 fully saturated rings. The Kier molecular flexibility index (Phi) is 6.92. The molecule has 0 radical (unpaired) electrons. The summed E-state index contributed by atoms with van der Waals surface area (Å²) in [6.45, 7) is -1.91. The predicted octanol–water partition coefficient (Wildman–Crippen LogP) is 5.65. The molecule has 1 aromatic carbocycles. The summed E-state index contributed by atoms with van der Waals surface area (Å²) in [5.41, 5.74) is -0.415. The van der Waals surface area contributed by atoms with Crippen LogP contribution in [0.2, 0.25) is 0 Å². The van der Waals surface area contributed by atoms with Gasteiger partial charge in [0.05, 0.1) is 6.54 Å². The summed E-state index contributed by atoms with van der Waals surface area (Å²) in [7, 11) is 0. The molecule has 0 unspecified atom stereocenters. The molecule has 0 spiro atoms. The van der Waals surface area contributed by atoms with E-state index >= 15 is 0 Å². The maximum absolute atomic E-state index is 13.6. The first-order valence-electron chi connectivity index (χ1n) is 7.66. The van der Waals surface area contributed by atoms with Gasteiger partial charge in [-0.05, 0) is 12.1 Å². The first-order chi connectivity index (χ1) is 13.6. The van der Waals surface area contributed by atoms with Crippen molar-refractivity contribution in [2.24, 2.45) is 0 Å². The highest BCUT2D eigenvalue weighted by Crippen LogP contribution is 2.60. The molecule has 0 aliphatic heterocycles. The van der Waals surface area contributed by atoms with Gasteiger partial charge in [0.1, 0.15) is 0 Å². The van der Waals surface area contributed by atoms with E-state index in [9.17, 15) is 67.1 Å². The molecule has 0 aliphatic carbocycles. The van der Waals surface area contributed by atoms with Crippen LogP contribution in [-0.4, -0.2) is 58.5 Å². The molecule has 1 N–H and O–H groups in total. The lowest BCUT2D eigenvalue weighted by Gasteiger charge is -2.39. The second-order valence-corrected chi connectivity index (χ2v) is 6.04. The van der Waals surface area contributed by atoms with E-state index in [-0.39, 0.29) is 0 Å². The van der Waals surface area contributed by atoms with Crippen molar-refractivity contribution in [3.8, 4) is 0 Å². The SMILES string of the molecule is O=C(c1ccccc1)N(O)CCC(F)(F)C(F)(F)C(F)(F)C(F)(F)C(F)(F)C(F)(F)F. The van der Waals surface area contributed by atoms with Crippen LogP contribution in [0.4, 0.5) is 57.1 Å². The number of hydrogen-bond donors (Lipinski definition) is 1. The normalized spacial score (nSPS) is 14.5. The van der Waals surface area contributed by atoms with Crippen molar-refractivity contribution in [1.82, 2.24) is 5.06 Å². The Hall–Kier alpha value is -2.26. The fourth-order valence-corrected chi connectivity index (χ4v) is 2.04. The Bertz CT molecular complexity index is 777. The zero-order valence-corrected chi connectivity index (χ0v) is 14.5. The first-order valence-corrected chi connectivity index (χ1v) is 7.66. The highest BCUT2D eigenvalue weighted by molar-refractivity contribution is 5.93. The van der Waals surface area contributed by atoms with E-state index in [1.807, 2.05) is 0 Å². The molecule has 178 valence electrons. The average molecular weight is 483 g/mol. The summed E-state index contributed by atoms with van der Waals surface area (Å²) >= 11 is 0. The first kappa shape index (κ1) is 26.8. The fraction of sp³-hybridized carbons (Fsp3) is 0.533. The minimum Gasteiger partial charge on any atom is -0.286 e. The molecule has 0 aromatic heterocycles. The molecule has 1 aromatic rings. The van der Waals surface area contributed by atoms with E-state index in [0.29, 0.717) is 0 Å². The Morgan fingerprint density at radius 3 is 1.55 bits per heavy atom. The Morgan fingerprint density at radius 2 is 1.13 bits per heavy atom. The van der Waals surface area contributed by atoms with Gasteiger partial charge in [0.25, 0.3) is 5.91 Å². The fourth-order valence-electron chi connectivity index (χ4n) is 2.04. The van der Waals surface area contributed by atoms with Crippen LogP contribution in [0.15, 0.2) is 30.3 Å². The van der Waals surface area contributed by atoms with Gasteiger partial charge in [-0.2, -0.15) is 57.1 Å². The van der Waals surface area contributed by atoms with Crippen molar-refractivity contribution >= 4 is 5.91 Å². The molecule has 0 aliphatic rings. The van der Waals surface area contributed by atoms with Gasteiger partial charge < -0.3 is 0 Å². The highest BCUT2D eigenvalue weighted by atomic mass is 19.4. The standard InChI is InChI=1S/C15H10F13NO2/c16-10(17,6-7-29(31)9(30)8-4-2-1-3-5-8)11(18,19)12(20,21)13(22,23)14(24,25)15(26,27)28/h1-5,31H,6-7H2. The minimum atomic E-state index is -8.00. The third kappa shape index (κ3) is 4.39. The number of alkyl halides is 13. The molecule has 31 heavy (non-hydrogen) atoms. The molecule has 0 atom stereocenters. The molecular weight excluding hydrogens is 473 g/mol. The summed E-state index contributed by atoms with van der Waals surface area (Å²) in [5.74, 6) is -39.1. The lowest BCUT2D eigenvalue weighted by molar-refractivity contribution is -0.440. The van der Waals surface area contributed by atoms with E-state index in [0.717, 1.165) is 12.1 Å². The third-order valence-corrected chi connectivity index (χ3v) is 3.89. The molecule has 0 bridgehead atoms. The van der Waals surface area contributed by atoms with Crippen LogP contribution in [0.1, 0.15) is 16.8 Å². The number of halogens is 13. The molecule has 1 rings (SSSR count). The van der Waals surface area contributed by atoms with Crippen LogP contribution in [0, 0.1) is 0 Å². The number of nitrogens with zero attached hydrogens (tertiary/aromatic N) is 1. The Morgan fingerprint density at radius 1 is 0.710 bits per heavy atom.